The second kappa shape index (κ2) is 9.41. The molecule has 1 saturated carbocycles. The summed E-state index contributed by atoms with van der Waals surface area (Å²) in [6, 6.07) is 8.56. The van der Waals surface area contributed by atoms with E-state index in [2.05, 4.69) is 30.1 Å². The van der Waals surface area contributed by atoms with Gasteiger partial charge < -0.3 is 15.1 Å². The van der Waals surface area contributed by atoms with E-state index in [1.807, 2.05) is 13.0 Å². The van der Waals surface area contributed by atoms with Gasteiger partial charge in [0.1, 0.15) is 17.1 Å². The van der Waals surface area contributed by atoms with Gasteiger partial charge in [-0.1, -0.05) is 26.0 Å². The zero-order valence-corrected chi connectivity index (χ0v) is 21.6. The third-order valence-electron chi connectivity index (χ3n) is 7.86. The van der Waals surface area contributed by atoms with Crippen LogP contribution < -0.4 is 5.32 Å². The highest BCUT2D eigenvalue weighted by atomic mass is 32.1. The summed E-state index contributed by atoms with van der Waals surface area (Å²) >= 11 is 1.73. The molecule has 1 aromatic heterocycles. The molecule has 5 rings (SSSR count). The predicted octanol–water partition coefficient (Wildman–Crippen LogP) is 5.10. The molecule has 3 aliphatic rings. The van der Waals surface area contributed by atoms with Gasteiger partial charge in [-0.25, -0.2) is 4.39 Å². The molecule has 186 valence electrons. The van der Waals surface area contributed by atoms with Gasteiger partial charge in [-0.2, -0.15) is 0 Å². The first-order valence-corrected chi connectivity index (χ1v) is 13.5. The van der Waals surface area contributed by atoms with Crippen molar-refractivity contribution in [2.75, 3.05) is 6.54 Å². The number of fused-ring (bicyclic) bond motifs is 2. The van der Waals surface area contributed by atoms with Crippen molar-refractivity contribution in [2.24, 2.45) is 5.92 Å². The molecule has 1 N–H and O–H groups in total. The Bertz CT molecular complexity index is 1150. The summed E-state index contributed by atoms with van der Waals surface area (Å²) in [7, 11) is 0. The van der Waals surface area contributed by atoms with E-state index in [0.29, 0.717) is 24.7 Å². The van der Waals surface area contributed by atoms with Gasteiger partial charge in [0.15, 0.2) is 0 Å². The Morgan fingerprint density at radius 2 is 1.91 bits per heavy atom. The summed E-state index contributed by atoms with van der Waals surface area (Å²) in [5.74, 6) is 0.132. The maximum Gasteiger partial charge on any atom is 0.271 e. The Morgan fingerprint density at radius 1 is 1.20 bits per heavy atom. The normalized spacial score (nSPS) is 26.2. The van der Waals surface area contributed by atoms with E-state index >= 15 is 0 Å². The molecule has 1 unspecified atom stereocenters. The van der Waals surface area contributed by atoms with Crippen molar-refractivity contribution < 1.29 is 14.0 Å². The Kier molecular flexibility index (Phi) is 6.47. The number of carbonyl (C=O) groups excluding carboxylic acids is 2. The number of piperazine rings is 1. The number of carbonyl (C=O) groups is 2. The van der Waals surface area contributed by atoms with E-state index < -0.39 is 5.54 Å². The fraction of sp³-hybridized carbons (Fsp3) is 0.500. The van der Waals surface area contributed by atoms with Crippen molar-refractivity contribution in [2.45, 2.75) is 77.5 Å². The average molecular weight is 496 g/mol. The van der Waals surface area contributed by atoms with Crippen LogP contribution in [0.4, 0.5) is 4.39 Å². The molecule has 7 heteroatoms. The van der Waals surface area contributed by atoms with E-state index in [1.54, 1.807) is 28.4 Å². The van der Waals surface area contributed by atoms with Crippen molar-refractivity contribution >= 4 is 29.2 Å². The molecule has 2 aromatic rings. The van der Waals surface area contributed by atoms with Crippen LogP contribution >= 0.6 is 11.3 Å². The zero-order chi connectivity index (χ0) is 24.7. The van der Waals surface area contributed by atoms with Crippen molar-refractivity contribution in [1.82, 2.24) is 15.1 Å². The Morgan fingerprint density at radius 3 is 2.60 bits per heavy atom. The zero-order valence-electron chi connectivity index (χ0n) is 20.8. The molecule has 35 heavy (non-hydrogen) atoms. The van der Waals surface area contributed by atoms with Crippen molar-refractivity contribution in [3.05, 3.63) is 62.7 Å². The predicted molar refractivity (Wildman–Crippen MR) is 137 cm³/mol. The molecule has 0 spiro atoms. The number of amides is 2. The monoisotopic (exact) mass is 495 g/mol. The van der Waals surface area contributed by atoms with Gasteiger partial charge in [0.05, 0.1) is 6.54 Å². The fourth-order valence-corrected chi connectivity index (χ4v) is 6.60. The summed E-state index contributed by atoms with van der Waals surface area (Å²) < 4.78 is 13.5. The van der Waals surface area contributed by atoms with Gasteiger partial charge in [-0.15, -0.1) is 11.3 Å². The number of hydrogen-bond donors (Lipinski definition) is 1. The lowest BCUT2D eigenvalue weighted by atomic mass is 9.86. The van der Waals surface area contributed by atoms with E-state index in [0.717, 1.165) is 42.5 Å². The Hall–Kier alpha value is -2.67. The molecular weight excluding hydrogens is 461 g/mol. The van der Waals surface area contributed by atoms with Gasteiger partial charge in [0.2, 0.25) is 5.91 Å². The number of thiophene rings is 1. The van der Waals surface area contributed by atoms with Gasteiger partial charge in [0, 0.05) is 28.9 Å². The smallest absolute Gasteiger partial charge is 0.271 e. The summed E-state index contributed by atoms with van der Waals surface area (Å²) in [6.07, 6.45) is 7.12. The molecule has 5 nitrogen and oxygen atoms in total. The lowest BCUT2D eigenvalue weighted by Crippen LogP contribution is -2.68. The van der Waals surface area contributed by atoms with Crippen molar-refractivity contribution in [3.63, 3.8) is 0 Å². The number of nitrogens with zero attached hydrogens (tertiary/aromatic N) is 2. The van der Waals surface area contributed by atoms with Gasteiger partial charge >= 0.3 is 0 Å². The van der Waals surface area contributed by atoms with Crippen LogP contribution in [0.25, 0.3) is 6.08 Å². The molecule has 1 saturated heterocycles. The summed E-state index contributed by atoms with van der Waals surface area (Å²) in [5.41, 5.74) is 1.63. The van der Waals surface area contributed by atoms with Crippen molar-refractivity contribution in [1.29, 1.82) is 0 Å². The molecule has 0 radical (unpaired) electrons. The number of hydrogen-bond acceptors (Lipinski definition) is 4. The number of nitrogens with one attached hydrogen (secondary N) is 1. The van der Waals surface area contributed by atoms with Crippen LogP contribution in [0.15, 0.2) is 36.0 Å². The molecule has 2 aliphatic heterocycles. The van der Waals surface area contributed by atoms with Crippen LogP contribution in [0.2, 0.25) is 0 Å². The molecule has 0 bridgehead atoms. The van der Waals surface area contributed by atoms with Crippen LogP contribution in [0, 0.1) is 11.7 Å². The van der Waals surface area contributed by atoms with Crippen LogP contribution in [0.5, 0.6) is 0 Å². The molecule has 1 aliphatic carbocycles. The van der Waals surface area contributed by atoms with E-state index in [-0.39, 0.29) is 30.2 Å². The van der Waals surface area contributed by atoms with Gasteiger partial charge in [-0.3, -0.25) is 9.59 Å². The first kappa shape index (κ1) is 24.0. The second-order valence-corrected chi connectivity index (χ2v) is 11.7. The maximum absolute atomic E-state index is 13.9. The topological polar surface area (TPSA) is 52.7 Å². The maximum atomic E-state index is 13.9. The van der Waals surface area contributed by atoms with Gasteiger partial charge in [-0.05, 0) is 80.3 Å². The summed E-state index contributed by atoms with van der Waals surface area (Å²) in [6.45, 7) is 7.60. The van der Waals surface area contributed by atoms with Crippen LogP contribution in [-0.2, 0) is 29.1 Å². The first-order valence-electron chi connectivity index (χ1n) is 12.7. The minimum absolute atomic E-state index is 0.100. The number of benzene rings is 1. The standard InChI is InChI=1S/C28H34FN3O2S/c1-4-23-13-20-16-31-17-28(3,27(34)30-22-11-5-18(2)6-12-22)32(15-19-7-9-21(29)10-8-19)26(33)24(31)14-25(20)35-23/h7-10,13-14,18,22H,4-6,11-12,15-17H2,1-3H3,(H,30,34). The Labute approximate surface area is 211 Å². The minimum atomic E-state index is -1.03. The molecule has 1 aromatic carbocycles. The molecule has 2 fully saturated rings. The largest absolute Gasteiger partial charge is 0.360 e. The number of aryl methyl sites for hydroxylation is 1. The quantitative estimate of drug-likeness (QED) is 0.628. The van der Waals surface area contributed by atoms with E-state index in [9.17, 15) is 14.0 Å². The summed E-state index contributed by atoms with van der Waals surface area (Å²) in [5, 5.41) is 3.29. The van der Waals surface area contributed by atoms with Crippen LogP contribution in [-0.4, -0.2) is 39.7 Å². The molecular formula is C28H34FN3O2S. The fourth-order valence-electron chi connectivity index (χ4n) is 5.54. The van der Waals surface area contributed by atoms with Gasteiger partial charge in [0.25, 0.3) is 5.91 Å². The van der Waals surface area contributed by atoms with E-state index in [1.165, 1.54) is 22.6 Å². The first-order chi connectivity index (χ1) is 16.8. The van der Waals surface area contributed by atoms with E-state index in [4.69, 9.17) is 0 Å². The highest BCUT2D eigenvalue weighted by Crippen LogP contribution is 2.38. The SMILES string of the molecule is CCc1cc2c(s1)C=C1C(=O)N(Cc3ccc(F)cc3)C(C)(C(=O)NC3CCC(C)CC3)CN1C2. The Balaban J connectivity index is 1.47. The van der Waals surface area contributed by atoms with Crippen molar-refractivity contribution in [3.8, 4) is 0 Å². The molecule has 2 amide bonds. The number of halogens is 1. The lowest BCUT2D eigenvalue weighted by molar-refractivity contribution is -0.153. The second-order valence-electron chi connectivity index (χ2n) is 10.6. The average Bonchev–Trinajstić information content (AvgIpc) is 3.25. The molecule has 3 heterocycles. The molecule has 1 atom stereocenters. The number of rotatable bonds is 5. The van der Waals surface area contributed by atoms with Crippen LogP contribution in [0.1, 0.15) is 67.3 Å². The summed E-state index contributed by atoms with van der Waals surface area (Å²) in [4.78, 5) is 34.0. The van der Waals surface area contributed by atoms with Crippen LogP contribution in [0.3, 0.4) is 0 Å². The highest BCUT2D eigenvalue weighted by molar-refractivity contribution is 7.13. The lowest BCUT2D eigenvalue weighted by Gasteiger charge is -2.50. The highest BCUT2D eigenvalue weighted by Gasteiger charge is 2.50. The minimum Gasteiger partial charge on any atom is -0.360 e. The third-order valence-corrected chi connectivity index (χ3v) is 9.13. The third kappa shape index (κ3) is 4.63.